The number of hydrogen-bond donors (Lipinski definition) is 1. The quantitative estimate of drug-likeness (QED) is 0.858. The number of methoxy groups -OCH3 is 1. The van der Waals surface area contributed by atoms with Crippen LogP contribution in [0.3, 0.4) is 0 Å². The molecule has 1 aromatic carbocycles. The van der Waals surface area contributed by atoms with Gasteiger partial charge in [0.05, 0.1) is 0 Å². The summed E-state index contributed by atoms with van der Waals surface area (Å²) in [5, 5.41) is 0. The standard InChI is InChI=1S/C20H22FN3O4/c1-20(2,28-3)19(27)23-9-8-15-12(10-23)11-24(18(26)16(15)17(22)25)14-6-4-13(21)5-7-14/h4-7,11H,8-10H2,1-3H3,(H2,22,25). The van der Waals surface area contributed by atoms with Crippen molar-refractivity contribution in [2.75, 3.05) is 13.7 Å². The number of ether oxygens (including phenoxy) is 1. The van der Waals surface area contributed by atoms with Crippen LogP contribution in [-0.2, 0) is 22.5 Å². The molecule has 0 fully saturated rings. The van der Waals surface area contributed by atoms with E-state index in [0.29, 0.717) is 29.8 Å². The average molecular weight is 387 g/mol. The van der Waals surface area contributed by atoms with Crippen LogP contribution in [-0.4, -0.2) is 40.5 Å². The Labute approximate surface area is 161 Å². The Bertz CT molecular complexity index is 996. The Hall–Kier alpha value is -3.00. The van der Waals surface area contributed by atoms with Crippen molar-refractivity contribution in [3.05, 3.63) is 63.3 Å². The third-order valence-electron chi connectivity index (χ3n) is 5.06. The fourth-order valence-corrected chi connectivity index (χ4v) is 3.34. The van der Waals surface area contributed by atoms with Crippen LogP contribution in [0.4, 0.5) is 4.39 Å². The molecule has 2 aromatic rings. The molecule has 28 heavy (non-hydrogen) atoms. The second kappa shape index (κ2) is 7.20. The number of carbonyl (C=O) groups is 2. The van der Waals surface area contributed by atoms with E-state index in [-0.39, 0.29) is 18.0 Å². The summed E-state index contributed by atoms with van der Waals surface area (Å²) in [7, 11) is 1.47. The van der Waals surface area contributed by atoms with Gasteiger partial charge in [-0.15, -0.1) is 0 Å². The van der Waals surface area contributed by atoms with Gasteiger partial charge in [-0.3, -0.25) is 19.0 Å². The fraction of sp³-hybridized carbons (Fsp3) is 0.350. The van der Waals surface area contributed by atoms with Gasteiger partial charge in [-0.2, -0.15) is 0 Å². The maximum Gasteiger partial charge on any atom is 0.268 e. The van der Waals surface area contributed by atoms with Crippen LogP contribution in [0.2, 0.25) is 0 Å². The highest BCUT2D eigenvalue weighted by Crippen LogP contribution is 2.24. The highest BCUT2D eigenvalue weighted by Gasteiger charge is 2.35. The third-order valence-corrected chi connectivity index (χ3v) is 5.06. The minimum absolute atomic E-state index is 0.0973. The lowest BCUT2D eigenvalue weighted by Gasteiger charge is -2.35. The number of nitrogens with two attached hydrogens (primary N) is 1. The van der Waals surface area contributed by atoms with Crippen molar-refractivity contribution in [2.45, 2.75) is 32.4 Å². The van der Waals surface area contributed by atoms with E-state index in [9.17, 15) is 18.8 Å². The van der Waals surface area contributed by atoms with Gasteiger partial charge >= 0.3 is 0 Å². The van der Waals surface area contributed by atoms with E-state index in [1.54, 1.807) is 24.9 Å². The number of pyridine rings is 1. The van der Waals surface area contributed by atoms with Crippen LogP contribution < -0.4 is 11.3 Å². The molecule has 8 heteroatoms. The summed E-state index contributed by atoms with van der Waals surface area (Å²) in [5.41, 5.74) is 5.43. The monoisotopic (exact) mass is 387 g/mol. The van der Waals surface area contributed by atoms with E-state index in [2.05, 4.69) is 0 Å². The van der Waals surface area contributed by atoms with Crippen LogP contribution in [0, 0.1) is 5.82 Å². The van der Waals surface area contributed by atoms with Crippen molar-refractivity contribution in [3.8, 4) is 5.69 Å². The summed E-state index contributed by atoms with van der Waals surface area (Å²) in [5.74, 6) is -1.46. The van der Waals surface area contributed by atoms with Gasteiger partial charge in [-0.1, -0.05) is 0 Å². The summed E-state index contributed by atoms with van der Waals surface area (Å²) < 4.78 is 19.8. The molecule has 0 spiro atoms. The summed E-state index contributed by atoms with van der Waals surface area (Å²) >= 11 is 0. The number of carbonyl (C=O) groups excluding carboxylic acids is 2. The number of primary amides is 1. The number of rotatable bonds is 4. The highest BCUT2D eigenvalue weighted by atomic mass is 19.1. The summed E-state index contributed by atoms with van der Waals surface area (Å²) in [6, 6.07) is 5.32. The minimum Gasteiger partial charge on any atom is -0.369 e. The van der Waals surface area contributed by atoms with Crippen LogP contribution in [0.5, 0.6) is 0 Å². The van der Waals surface area contributed by atoms with Gasteiger partial charge in [0.1, 0.15) is 17.0 Å². The Kier molecular flexibility index (Phi) is 5.08. The number of hydrogen-bond acceptors (Lipinski definition) is 4. The SMILES string of the molecule is COC(C)(C)C(=O)N1CCc2c(cn(-c3ccc(F)cc3)c(=O)c2C(N)=O)C1. The van der Waals surface area contributed by atoms with Gasteiger partial charge in [0, 0.05) is 32.1 Å². The third kappa shape index (κ3) is 3.43. The van der Waals surface area contributed by atoms with E-state index in [0.717, 1.165) is 0 Å². The molecule has 3 rings (SSSR count). The fourth-order valence-electron chi connectivity index (χ4n) is 3.34. The Morgan fingerprint density at radius 3 is 2.43 bits per heavy atom. The molecule has 1 aliphatic heterocycles. The first-order valence-corrected chi connectivity index (χ1v) is 8.83. The lowest BCUT2D eigenvalue weighted by molar-refractivity contribution is -0.152. The van der Waals surface area contributed by atoms with Crippen molar-refractivity contribution in [2.24, 2.45) is 5.73 Å². The number of nitrogens with zero attached hydrogens (tertiary/aromatic N) is 2. The zero-order valence-corrected chi connectivity index (χ0v) is 16.0. The first kappa shape index (κ1) is 19.8. The Morgan fingerprint density at radius 1 is 1.21 bits per heavy atom. The first-order valence-electron chi connectivity index (χ1n) is 8.83. The maximum absolute atomic E-state index is 13.3. The molecular weight excluding hydrogens is 365 g/mol. The molecule has 0 atom stereocenters. The molecule has 2 heterocycles. The number of aromatic nitrogens is 1. The van der Waals surface area contributed by atoms with Crippen molar-refractivity contribution < 1.29 is 18.7 Å². The molecule has 0 saturated carbocycles. The predicted octanol–water partition coefficient (Wildman–Crippen LogP) is 1.39. The van der Waals surface area contributed by atoms with Crippen LogP contribution in [0.15, 0.2) is 35.3 Å². The molecule has 2 amide bonds. The zero-order chi connectivity index (χ0) is 20.6. The van der Waals surface area contributed by atoms with Gasteiger partial charge in [-0.25, -0.2) is 4.39 Å². The summed E-state index contributed by atoms with van der Waals surface area (Å²) in [6.45, 7) is 3.92. The van der Waals surface area contributed by atoms with Crippen molar-refractivity contribution in [3.63, 3.8) is 0 Å². The highest BCUT2D eigenvalue weighted by molar-refractivity contribution is 5.94. The molecule has 0 saturated heterocycles. The second-order valence-electron chi connectivity index (χ2n) is 7.21. The van der Waals surface area contributed by atoms with Crippen LogP contribution in [0.25, 0.3) is 5.69 Å². The molecule has 0 bridgehead atoms. The molecule has 148 valence electrons. The van der Waals surface area contributed by atoms with E-state index < -0.39 is 22.9 Å². The van der Waals surface area contributed by atoms with Gasteiger partial charge < -0.3 is 15.4 Å². The molecule has 2 N–H and O–H groups in total. The molecule has 0 radical (unpaired) electrons. The minimum atomic E-state index is -0.991. The van der Waals surface area contributed by atoms with E-state index in [1.807, 2.05) is 0 Å². The topological polar surface area (TPSA) is 94.6 Å². The van der Waals surface area contributed by atoms with E-state index in [1.165, 1.54) is 35.9 Å². The van der Waals surface area contributed by atoms with Gasteiger partial charge in [0.2, 0.25) is 0 Å². The molecule has 1 aliphatic rings. The largest absolute Gasteiger partial charge is 0.369 e. The number of benzene rings is 1. The summed E-state index contributed by atoms with van der Waals surface area (Å²) in [4.78, 5) is 39.2. The van der Waals surface area contributed by atoms with E-state index >= 15 is 0 Å². The van der Waals surface area contributed by atoms with Crippen molar-refractivity contribution in [1.29, 1.82) is 0 Å². The lowest BCUT2D eigenvalue weighted by Crippen LogP contribution is -2.49. The van der Waals surface area contributed by atoms with Gasteiger partial charge in [0.15, 0.2) is 0 Å². The first-order chi connectivity index (χ1) is 13.2. The number of amides is 2. The van der Waals surface area contributed by atoms with E-state index in [4.69, 9.17) is 10.5 Å². The van der Waals surface area contributed by atoms with Crippen LogP contribution in [0.1, 0.15) is 35.3 Å². The molecule has 0 aliphatic carbocycles. The normalized spacial score (nSPS) is 13.9. The average Bonchev–Trinajstić information content (AvgIpc) is 2.67. The maximum atomic E-state index is 13.3. The predicted molar refractivity (Wildman–Crippen MR) is 101 cm³/mol. The van der Waals surface area contributed by atoms with Crippen molar-refractivity contribution in [1.82, 2.24) is 9.47 Å². The Balaban J connectivity index is 2.11. The lowest BCUT2D eigenvalue weighted by atomic mass is 9.94. The molecular formula is C20H22FN3O4. The van der Waals surface area contributed by atoms with Gasteiger partial charge in [-0.05, 0) is 55.7 Å². The smallest absolute Gasteiger partial charge is 0.268 e. The number of fused-ring (bicyclic) bond motifs is 1. The van der Waals surface area contributed by atoms with Gasteiger partial charge in [0.25, 0.3) is 17.4 Å². The summed E-state index contributed by atoms with van der Waals surface area (Å²) in [6.07, 6.45) is 1.91. The van der Waals surface area contributed by atoms with Crippen LogP contribution >= 0.6 is 0 Å². The molecule has 7 nitrogen and oxygen atoms in total. The van der Waals surface area contributed by atoms with Crippen molar-refractivity contribution >= 4 is 11.8 Å². The molecule has 1 aromatic heterocycles. The Morgan fingerprint density at radius 2 is 1.86 bits per heavy atom. The second-order valence-corrected chi connectivity index (χ2v) is 7.21. The zero-order valence-electron chi connectivity index (χ0n) is 16.0. The number of halogens is 1. The molecule has 0 unspecified atom stereocenters.